The molecule has 0 bridgehead atoms. The molecule has 138 valence electrons. The molecule has 27 heavy (non-hydrogen) atoms. The Morgan fingerprint density at radius 1 is 1.07 bits per heavy atom. The standard InChI is InChI=1S/C19H19N5O2S/c25-24(26)17-6-7-18(20-12-17)23-10-8-22(9-11-23)13-16-14-27-19(21-16)15-4-2-1-3-5-15/h1-7,12,14H,8-11,13H2. The number of aromatic nitrogens is 2. The minimum Gasteiger partial charge on any atom is -0.354 e. The van der Waals surface area contributed by atoms with Gasteiger partial charge in [0.1, 0.15) is 17.0 Å². The normalized spacial score (nSPS) is 15.0. The molecule has 0 spiro atoms. The second-order valence-electron chi connectivity index (χ2n) is 6.40. The Balaban J connectivity index is 1.33. The minimum absolute atomic E-state index is 0.0233. The number of hydrogen-bond acceptors (Lipinski definition) is 7. The Morgan fingerprint density at radius 3 is 2.52 bits per heavy atom. The van der Waals surface area contributed by atoms with Gasteiger partial charge in [0.15, 0.2) is 0 Å². The van der Waals surface area contributed by atoms with E-state index in [-0.39, 0.29) is 5.69 Å². The predicted molar refractivity (Wildman–Crippen MR) is 106 cm³/mol. The number of nitro groups is 1. The first kappa shape index (κ1) is 17.6. The molecule has 7 nitrogen and oxygen atoms in total. The second-order valence-corrected chi connectivity index (χ2v) is 7.26. The van der Waals surface area contributed by atoms with Crippen LogP contribution in [0, 0.1) is 10.1 Å². The Morgan fingerprint density at radius 2 is 1.85 bits per heavy atom. The van der Waals surface area contributed by atoms with E-state index in [1.807, 2.05) is 18.2 Å². The van der Waals surface area contributed by atoms with E-state index in [0.29, 0.717) is 0 Å². The Hall–Kier alpha value is -2.84. The van der Waals surface area contributed by atoms with E-state index in [9.17, 15) is 10.1 Å². The Bertz CT molecular complexity index is 905. The molecule has 2 aromatic heterocycles. The molecule has 1 aliphatic rings. The molecular formula is C19H19N5O2S. The van der Waals surface area contributed by atoms with Gasteiger partial charge in [-0.2, -0.15) is 0 Å². The monoisotopic (exact) mass is 381 g/mol. The summed E-state index contributed by atoms with van der Waals surface area (Å²) in [5, 5.41) is 13.9. The van der Waals surface area contributed by atoms with Gasteiger partial charge in [-0.25, -0.2) is 9.97 Å². The highest BCUT2D eigenvalue weighted by Gasteiger charge is 2.19. The van der Waals surface area contributed by atoms with E-state index in [4.69, 9.17) is 4.98 Å². The van der Waals surface area contributed by atoms with Crippen molar-refractivity contribution >= 4 is 22.8 Å². The average molecular weight is 381 g/mol. The lowest BCUT2D eigenvalue weighted by Crippen LogP contribution is -2.46. The number of nitrogens with zero attached hydrogens (tertiary/aromatic N) is 5. The molecule has 0 atom stereocenters. The first-order valence-corrected chi connectivity index (χ1v) is 9.64. The van der Waals surface area contributed by atoms with E-state index in [1.165, 1.54) is 12.3 Å². The maximum atomic E-state index is 10.7. The van der Waals surface area contributed by atoms with E-state index < -0.39 is 4.92 Å². The predicted octanol–water partition coefficient (Wildman–Crippen LogP) is 3.44. The highest BCUT2D eigenvalue weighted by Crippen LogP contribution is 2.24. The first-order valence-electron chi connectivity index (χ1n) is 8.76. The van der Waals surface area contributed by atoms with Gasteiger partial charge < -0.3 is 4.90 Å². The van der Waals surface area contributed by atoms with Crippen LogP contribution in [0.1, 0.15) is 5.69 Å². The fourth-order valence-electron chi connectivity index (χ4n) is 3.13. The molecule has 1 aliphatic heterocycles. The largest absolute Gasteiger partial charge is 0.354 e. The van der Waals surface area contributed by atoms with Crippen molar-refractivity contribution in [3.8, 4) is 10.6 Å². The van der Waals surface area contributed by atoms with E-state index >= 15 is 0 Å². The summed E-state index contributed by atoms with van der Waals surface area (Å²) in [6.07, 6.45) is 1.32. The first-order chi connectivity index (χ1) is 13.2. The van der Waals surface area contributed by atoms with Crippen molar-refractivity contribution in [2.75, 3.05) is 31.1 Å². The van der Waals surface area contributed by atoms with Crippen LogP contribution >= 0.6 is 11.3 Å². The van der Waals surface area contributed by atoms with Crippen molar-refractivity contribution < 1.29 is 4.92 Å². The van der Waals surface area contributed by atoms with Crippen molar-refractivity contribution in [2.45, 2.75) is 6.54 Å². The van der Waals surface area contributed by atoms with Crippen molar-refractivity contribution in [3.05, 3.63) is 69.8 Å². The zero-order chi connectivity index (χ0) is 18.6. The zero-order valence-corrected chi connectivity index (χ0v) is 15.5. The quantitative estimate of drug-likeness (QED) is 0.498. The van der Waals surface area contributed by atoms with Crippen molar-refractivity contribution in [1.82, 2.24) is 14.9 Å². The van der Waals surface area contributed by atoms with Crippen LogP contribution in [0.5, 0.6) is 0 Å². The van der Waals surface area contributed by atoms with E-state index in [1.54, 1.807) is 17.4 Å². The van der Waals surface area contributed by atoms with Gasteiger partial charge in [0.05, 0.1) is 10.6 Å². The van der Waals surface area contributed by atoms with Gasteiger partial charge in [-0.3, -0.25) is 15.0 Å². The van der Waals surface area contributed by atoms with Crippen molar-refractivity contribution in [1.29, 1.82) is 0 Å². The molecule has 8 heteroatoms. The topological polar surface area (TPSA) is 75.4 Å². The highest BCUT2D eigenvalue weighted by atomic mass is 32.1. The summed E-state index contributed by atoms with van der Waals surface area (Å²) in [5.41, 5.74) is 2.28. The molecular weight excluding hydrogens is 362 g/mol. The van der Waals surface area contributed by atoms with Crippen molar-refractivity contribution in [2.24, 2.45) is 0 Å². The van der Waals surface area contributed by atoms with Crippen LogP contribution in [-0.2, 0) is 6.54 Å². The lowest BCUT2D eigenvalue weighted by molar-refractivity contribution is -0.385. The van der Waals surface area contributed by atoms with Crippen LogP contribution < -0.4 is 4.90 Å². The van der Waals surface area contributed by atoms with Crippen LogP contribution in [0.4, 0.5) is 11.5 Å². The maximum absolute atomic E-state index is 10.7. The lowest BCUT2D eigenvalue weighted by atomic mass is 10.2. The van der Waals surface area contributed by atoms with Crippen LogP contribution in [0.3, 0.4) is 0 Å². The summed E-state index contributed by atoms with van der Waals surface area (Å²) in [6, 6.07) is 13.5. The molecule has 1 saturated heterocycles. The number of benzene rings is 1. The molecule has 1 aromatic carbocycles. The number of thiazole rings is 1. The van der Waals surface area contributed by atoms with Crippen LogP contribution in [0.2, 0.25) is 0 Å². The van der Waals surface area contributed by atoms with Gasteiger partial charge in [-0.1, -0.05) is 30.3 Å². The number of piperazine rings is 1. The third-order valence-electron chi connectivity index (χ3n) is 4.60. The molecule has 0 saturated carbocycles. The van der Waals surface area contributed by atoms with Gasteiger partial charge >= 0.3 is 0 Å². The summed E-state index contributed by atoms with van der Waals surface area (Å²) in [4.78, 5) is 23.8. The number of anilines is 1. The second kappa shape index (κ2) is 7.81. The van der Waals surface area contributed by atoms with E-state index in [2.05, 4.69) is 32.3 Å². The number of hydrogen-bond donors (Lipinski definition) is 0. The molecule has 3 aromatic rings. The highest BCUT2D eigenvalue weighted by molar-refractivity contribution is 7.13. The molecule has 0 N–H and O–H groups in total. The fourth-order valence-corrected chi connectivity index (χ4v) is 3.95. The third-order valence-corrected chi connectivity index (χ3v) is 5.54. The molecule has 4 rings (SSSR count). The Kier molecular flexibility index (Phi) is 5.08. The molecule has 3 heterocycles. The van der Waals surface area contributed by atoms with Crippen LogP contribution in [0.15, 0.2) is 54.0 Å². The summed E-state index contributed by atoms with van der Waals surface area (Å²) >= 11 is 1.68. The summed E-state index contributed by atoms with van der Waals surface area (Å²) < 4.78 is 0. The van der Waals surface area contributed by atoms with Gasteiger partial charge in [-0.15, -0.1) is 11.3 Å². The van der Waals surface area contributed by atoms with Crippen LogP contribution in [-0.4, -0.2) is 46.0 Å². The summed E-state index contributed by atoms with van der Waals surface area (Å²) in [6.45, 7) is 4.36. The number of pyridine rings is 1. The molecule has 0 unspecified atom stereocenters. The fraction of sp³-hybridized carbons (Fsp3) is 0.263. The maximum Gasteiger partial charge on any atom is 0.287 e. The smallest absolute Gasteiger partial charge is 0.287 e. The molecule has 1 fully saturated rings. The van der Waals surface area contributed by atoms with Gasteiger partial charge in [-0.05, 0) is 6.07 Å². The summed E-state index contributed by atoms with van der Waals surface area (Å²) in [7, 11) is 0. The average Bonchev–Trinajstić information content (AvgIpc) is 3.18. The van der Waals surface area contributed by atoms with Crippen molar-refractivity contribution in [3.63, 3.8) is 0 Å². The zero-order valence-electron chi connectivity index (χ0n) is 14.7. The van der Waals surface area contributed by atoms with Gasteiger partial charge in [0.25, 0.3) is 5.69 Å². The Labute approximate surface area is 161 Å². The van der Waals surface area contributed by atoms with E-state index in [0.717, 1.165) is 54.8 Å². The van der Waals surface area contributed by atoms with Gasteiger partial charge in [0.2, 0.25) is 0 Å². The SMILES string of the molecule is O=[N+]([O-])c1ccc(N2CCN(Cc3csc(-c4ccccc4)n3)CC2)nc1. The third kappa shape index (κ3) is 4.12. The molecule has 0 amide bonds. The van der Waals surface area contributed by atoms with Crippen LogP contribution in [0.25, 0.3) is 10.6 Å². The van der Waals surface area contributed by atoms with Gasteiger partial charge in [0, 0.05) is 49.7 Å². The minimum atomic E-state index is -0.424. The lowest BCUT2D eigenvalue weighted by Gasteiger charge is -2.35. The molecule has 0 aliphatic carbocycles. The number of rotatable bonds is 5. The molecule has 0 radical (unpaired) electrons. The summed E-state index contributed by atoms with van der Waals surface area (Å²) in [5.74, 6) is 0.792.